The number of phenolic OH excluding ortho intramolecular Hbond substituents is 1. The molecule has 21 heavy (non-hydrogen) atoms. The van der Waals surface area contributed by atoms with Crippen molar-refractivity contribution in [2.75, 3.05) is 0 Å². The van der Waals surface area contributed by atoms with Crippen LogP contribution >= 0.6 is 11.6 Å². The first kappa shape index (κ1) is 13.9. The molecule has 3 amide bonds. The summed E-state index contributed by atoms with van der Waals surface area (Å²) in [6.07, 6.45) is 1.55. The molecule has 110 valence electrons. The molecule has 1 saturated heterocycles. The lowest BCUT2D eigenvalue weighted by Crippen LogP contribution is -2.45. The molecule has 0 spiro atoms. The lowest BCUT2D eigenvalue weighted by Gasteiger charge is -2.27. The zero-order valence-corrected chi connectivity index (χ0v) is 11.8. The maximum absolute atomic E-state index is 12.6. The highest BCUT2D eigenvalue weighted by molar-refractivity contribution is 6.30. The van der Waals surface area contributed by atoms with Crippen LogP contribution in [0.3, 0.4) is 0 Å². The Hall–Kier alpha value is -2.08. The number of carbonyl (C=O) groups excluding carboxylic acids is 3. The second-order valence-corrected chi connectivity index (χ2v) is 5.67. The van der Waals surface area contributed by atoms with Gasteiger partial charge in [0.25, 0.3) is 5.91 Å². The second kappa shape index (κ2) is 5.04. The highest BCUT2D eigenvalue weighted by Gasteiger charge is 2.45. The number of aromatic hydroxyl groups is 1. The van der Waals surface area contributed by atoms with Gasteiger partial charge in [-0.3, -0.25) is 19.7 Å². The molecule has 6 nitrogen and oxygen atoms in total. The maximum Gasteiger partial charge on any atom is 0.258 e. The molecule has 0 unspecified atom stereocenters. The van der Waals surface area contributed by atoms with Crippen LogP contribution in [0.2, 0.25) is 5.02 Å². The summed E-state index contributed by atoms with van der Waals surface area (Å²) in [5.74, 6) is -1.54. The summed E-state index contributed by atoms with van der Waals surface area (Å²) >= 11 is 5.75. The van der Waals surface area contributed by atoms with E-state index in [9.17, 15) is 19.5 Å². The smallest absolute Gasteiger partial charge is 0.258 e. The van der Waals surface area contributed by atoms with Crippen LogP contribution in [0.4, 0.5) is 0 Å². The Labute approximate surface area is 125 Å². The molecule has 3 rings (SSSR count). The van der Waals surface area contributed by atoms with E-state index in [0.717, 1.165) is 12.8 Å². The van der Waals surface area contributed by atoms with Gasteiger partial charge in [-0.1, -0.05) is 11.6 Å². The van der Waals surface area contributed by atoms with E-state index in [1.165, 1.54) is 23.1 Å². The minimum absolute atomic E-state index is 0.0323. The zero-order chi connectivity index (χ0) is 15.1. The summed E-state index contributed by atoms with van der Waals surface area (Å²) in [4.78, 5) is 37.2. The van der Waals surface area contributed by atoms with Crippen molar-refractivity contribution < 1.29 is 19.5 Å². The largest absolute Gasteiger partial charge is 0.507 e. The molecular formula is C14H13ClN2O4. The van der Waals surface area contributed by atoms with Crippen molar-refractivity contribution in [3.8, 4) is 5.75 Å². The van der Waals surface area contributed by atoms with Crippen molar-refractivity contribution in [3.63, 3.8) is 0 Å². The molecule has 0 aromatic heterocycles. The Bertz CT molecular complexity index is 642. The number of carbonyl (C=O) groups is 3. The monoisotopic (exact) mass is 308 g/mol. The van der Waals surface area contributed by atoms with E-state index < -0.39 is 17.9 Å². The molecule has 0 bridgehead atoms. The third-order valence-electron chi connectivity index (χ3n) is 3.64. The lowest BCUT2D eigenvalue weighted by atomic mass is 10.1. The number of halogens is 1. The highest BCUT2D eigenvalue weighted by Crippen LogP contribution is 2.34. The van der Waals surface area contributed by atoms with E-state index in [1.54, 1.807) is 0 Å². The number of phenols is 1. The first-order chi connectivity index (χ1) is 9.97. The van der Waals surface area contributed by atoms with Gasteiger partial charge >= 0.3 is 0 Å². The van der Waals surface area contributed by atoms with Crippen molar-refractivity contribution in [2.45, 2.75) is 31.3 Å². The molecule has 1 heterocycles. The van der Waals surface area contributed by atoms with Gasteiger partial charge in [-0.05, 0) is 31.0 Å². The Morgan fingerprint density at radius 2 is 2.05 bits per heavy atom. The number of amides is 3. The van der Waals surface area contributed by atoms with E-state index in [4.69, 9.17) is 11.6 Å². The van der Waals surface area contributed by atoms with E-state index in [-0.39, 0.29) is 29.7 Å². The molecule has 1 aromatic carbocycles. The summed E-state index contributed by atoms with van der Waals surface area (Å²) in [6, 6.07) is 3.34. The zero-order valence-electron chi connectivity index (χ0n) is 11.0. The van der Waals surface area contributed by atoms with Gasteiger partial charge in [0.1, 0.15) is 11.8 Å². The highest BCUT2D eigenvalue weighted by atomic mass is 35.5. The number of imide groups is 1. The predicted octanol–water partition coefficient (Wildman–Crippen LogP) is 1.07. The third-order valence-corrected chi connectivity index (χ3v) is 3.88. The Kier molecular flexibility index (Phi) is 3.33. The van der Waals surface area contributed by atoms with Crippen molar-refractivity contribution in [1.29, 1.82) is 0 Å². The average Bonchev–Trinajstić information content (AvgIpc) is 3.16. The van der Waals surface area contributed by atoms with E-state index in [0.29, 0.717) is 5.02 Å². The van der Waals surface area contributed by atoms with Crippen molar-refractivity contribution in [1.82, 2.24) is 10.2 Å². The van der Waals surface area contributed by atoms with Gasteiger partial charge in [0.05, 0.1) is 12.0 Å². The quantitative estimate of drug-likeness (QED) is 0.818. The van der Waals surface area contributed by atoms with Gasteiger partial charge in [-0.2, -0.15) is 0 Å². The first-order valence-electron chi connectivity index (χ1n) is 6.62. The Balaban J connectivity index is 1.92. The third kappa shape index (κ3) is 2.58. The molecule has 1 aliphatic heterocycles. The van der Waals surface area contributed by atoms with Crippen molar-refractivity contribution in [3.05, 3.63) is 28.8 Å². The summed E-state index contributed by atoms with van der Waals surface area (Å²) < 4.78 is 0. The maximum atomic E-state index is 12.6. The number of nitrogens with one attached hydrogen (secondary N) is 1. The number of nitrogens with zero attached hydrogens (tertiary/aromatic N) is 1. The van der Waals surface area contributed by atoms with Crippen LogP contribution in [0.1, 0.15) is 29.6 Å². The molecule has 0 radical (unpaired) electrons. The number of rotatable bonds is 3. The Morgan fingerprint density at radius 1 is 1.33 bits per heavy atom. The van der Waals surface area contributed by atoms with Crippen molar-refractivity contribution >= 4 is 29.3 Å². The minimum Gasteiger partial charge on any atom is -0.507 e. The van der Waals surface area contributed by atoms with Crippen LogP contribution < -0.4 is 5.32 Å². The number of benzene rings is 1. The molecule has 1 atom stereocenters. The minimum atomic E-state index is -0.799. The van der Waals surface area contributed by atoms with Crippen LogP contribution in [0.25, 0.3) is 0 Å². The predicted molar refractivity (Wildman–Crippen MR) is 73.9 cm³/mol. The molecule has 2 fully saturated rings. The molecule has 7 heteroatoms. The summed E-state index contributed by atoms with van der Waals surface area (Å²) in [5.41, 5.74) is 0.0819. The standard InChI is InChI=1S/C14H13ClN2O4/c15-7-1-4-9(11(18)5-7)14(21)17(8-2-3-8)10-6-12(19)16-13(10)20/h1,4-5,8,10,18H,2-3,6H2,(H,16,19,20)/t10-/m1/s1. The van der Waals surface area contributed by atoms with E-state index in [2.05, 4.69) is 5.32 Å². The summed E-state index contributed by atoms with van der Waals surface area (Å²) in [7, 11) is 0. The second-order valence-electron chi connectivity index (χ2n) is 5.24. The van der Waals surface area contributed by atoms with Crippen molar-refractivity contribution in [2.24, 2.45) is 0 Å². The van der Waals surface area contributed by atoms with Gasteiger partial charge in [0, 0.05) is 11.1 Å². The number of hydrogen-bond acceptors (Lipinski definition) is 4. The summed E-state index contributed by atoms with van der Waals surface area (Å²) in [6.45, 7) is 0. The molecule has 1 aromatic rings. The summed E-state index contributed by atoms with van der Waals surface area (Å²) in [5, 5.41) is 12.4. The van der Waals surface area contributed by atoms with Gasteiger partial charge in [0.15, 0.2) is 0 Å². The van der Waals surface area contributed by atoms with Crippen LogP contribution in [0.5, 0.6) is 5.75 Å². The molecule has 2 N–H and O–H groups in total. The Morgan fingerprint density at radius 3 is 2.57 bits per heavy atom. The fourth-order valence-corrected chi connectivity index (χ4v) is 2.67. The normalized spacial score (nSPS) is 21.3. The van der Waals surface area contributed by atoms with Crippen LogP contribution in [0.15, 0.2) is 18.2 Å². The molecule has 2 aliphatic rings. The SMILES string of the molecule is O=C1C[C@@H](N(C(=O)c2ccc(Cl)cc2O)C2CC2)C(=O)N1. The van der Waals surface area contributed by atoms with Gasteiger partial charge in [-0.15, -0.1) is 0 Å². The van der Waals surface area contributed by atoms with Gasteiger partial charge < -0.3 is 10.0 Å². The fourth-order valence-electron chi connectivity index (χ4n) is 2.50. The number of hydrogen-bond donors (Lipinski definition) is 2. The molecule has 1 aliphatic carbocycles. The van der Waals surface area contributed by atoms with Crippen LogP contribution in [-0.4, -0.2) is 39.8 Å². The topological polar surface area (TPSA) is 86.7 Å². The van der Waals surface area contributed by atoms with Crippen LogP contribution in [0, 0.1) is 0 Å². The van der Waals surface area contributed by atoms with Gasteiger partial charge in [-0.25, -0.2) is 0 Å². The fraction of sp³-hybridized carbons (Fsp3) is 0.357. The molecule has 1 saturated carbocycles. The van der Waals surface area contributed by atoms with E-state index >= 15 is 0 Å². The molecular weight excluding hydrogens is 296 g/mol. The average molecular weight is 309 g/mol. The first-order valence-corrected chi connectivity index (χ1v) is 7.00. The van der Waals surface area contributed by atoms with E-state index in [1.807, 2.05) is 0 Å². The van der Waals surface area contributed by atoms with Crippen LogP contribution in [-0.2, 0) is 9.59 Å². The van der Waals surface area contributed by atoms with Gasteiger partial charge in [0.2, 0.25) is 11.8 Å². The lowest BCUT2D eigenvalue weighted by molar-refractivity contribution is -0.126.